The van der Waals surface area contributed by atoms with E-state index in [1.807, 2.05) is 54.6 Å². The molecule has 2 heterocycles. The molecule has 5 aromatic rings. The smallest absolute Gasteiger partial charge is 0.338 e. The molecule has 0 bridgehead atoms. The minimum atomic E-state index is -0.700. The van der Waals surface area contributed by atoms with Crippen molar-refractivity contribution in [3.8, 4) is 5.75 Å². The van der Waals surface area contributed by atoms with Gasteiger partial charge in [-0.2, -0.15) is 0 Å². The highest BCUT2D eigenvalue weighted by molar-refractivity contribution is 7.07. The van der Waals surface area contributed by atoms with Gasteiger partial charge in [-0.1, -0.05) is 65.9 Å². The number of carbonyl (C=O) groups excluding carboxylic acids is 1. The Hall–Kier alpha value is -5.35. The zero-order valence-corrected chi connectivity index (χ0v) is 24.7. The van der Waals surface area contributed by atoms with E-state index in [1.54, 1.807) is 48.8 Å². The number of aromatic nitrogens is 1. The molecule has 4 aromatic carbocycles. The van der Waals surface area contributed by atoms with Gasteiger partial charge in [-0.05, 0) is 71.7 Å². The Balaban J connectivity index is 1.35. The van der Waals surface area contributed by atoms with Crippen LogP contribution in [0.2, 0.25) is 0 Å². The van der Waals surface area contributed by atoms with Crippen molar-refractivity contribution >= 4 is 39.8 Å². The monoisotopic (exact) mass is 605 g/mol. The lowest BCUT2D eigenvalue weighted by molar-refractivity contribution is -0.384. The third kappa shape index (κ3) is 5.55. The number of allylic oxidation sites excluding steroid dienone is 1. The predicted octanol–water partition coefficient (Wildman–Crippen LogP) is 5.44. The van der Waals surface area contributed by atoms with Crippen LogP contribution >= 0.6 is 11.3 Å². The van der Waals surface area contributed by atoms with Gasteiger partial charge in [0, 0.05) is 12.1 Å². The molecule has 1 aromatic heterocycles. The van der Waals surface area contributed by atoms with Gasteiger partial charge >= 0.3 is 5.97 Å². The number of non-ortho nitro benzene ring substituents is 1. The molecule has 1 aliphatic rings. The van der Waals surface area contributed by atoms with Crippen LogP contribution in [0.4, 0.5) is 5.69 Å². The van der Waals surface area contributed by atoms with Crippen molar-refractivity contribution in [2.45, 2.75) is 26.5 Å². The fourth-order valence-electron chi connectivity index (χ4n) is 5.27. The Morgan fingerprint density at radius 1 is 1.02 bits per heavy atom. The van der Waals surface area contributed by atoms with E-state index in [4.69, 9.17) is 9.47 Å². The van der Waals surface area contributed by atoms with E-state index in [9.17, 15) is 19.7 Å². The second-order valence-electron chi connectivity index (χ2n) is 10.2. The molecule has 0 radical (unpaired) electrons. The summed E-state index contributed by atoms with van der Waals surface area (Å²) in [5, 5.41) is 12.8. The van der Waals surface area contributed by atoms with E-state index in [0.717, 1.165) is 27.5 Å². The highest BCUT2D eigenvalue weighted by Gasteiger charge is 2.34. The van der Waals surface area contributed by atoms with Gasteiger partial charge < -0.3 is 9.47 Å². The van der Waals surface area contributed by atoms with Crippen LogP contribution in [-0.4, -0.2) is 22.1 Å². The van der Waals surface area contributed by atoms with E-state index in [1.165, 1.54) is 23.5 Å². The molecule has 0 unspecified atom stereocenters. The summed E-state index contributed by atoms with van der Waals surface area (Å²) in [5.41, 5.74) is 3.06. The third-order valence-corrected chi connectivity index (χ3v) is 8.35. The molecule has 0 spiro atoms. The van der Waals surface area contributed by atoms with E-state index >= 15 is 0 Å². The molecule has 0 fully saturated rings. The number of rotatable bonds is 8. The first-order valence-corrected chi connectivity index (χ1v) is 14.8. The van der Waals surface area contributed by atoms with Crippen LogP contribution in [0.5, 0.6) is 5.75 Å². The van der Waals surface area contributed by atoms with Crippen LogP contribution in [0.25, 0.3) is 16.8 Å². The van der Waals surface area contributed by atoms with Crippen LogP contribution in [0.1, 0.15) is 36.6 Å². The molecule has 0 saturated heterocycles. The number of ether oxygens (including phenoxy) is 2. The first-order chi connectivity index (χ1) is 21.3. The summed E-state index contributed by atoms with van der Waals surface area (Å²) in [6.07, 6.45) is 1.80. The summed E-state index contributed by atoms with van der Waals surface area (Å²) < 4.78 is 13.3. The van der Waals surface area contributed by atoms with Crippen molar-refractivity contribution in [1.29, 1.82) is 0 Å². The summed E-state index contributed by atoms with van der Waals surface area (Å²) in [7, 11) is 0. The van der Waals surface area contributed by atoms with Gasteiger partial charge in [-0.15, -0.1) is 0 Å². The van der Waals surface area contributed by atoms with E-state index in [-0.39, 0.29) is 24.5 Å². The molecule has 0 N–H and O–H groups in total. The summed E-state index contributed by atoms with van der Waals surface area (Å²) in [5.74, 6) is 0.123. The number of esters is 1. The first-order valence-electron chi connectivity index (χ1n) is 14.0. The molecule has 6 rings (SSSR count). The lowest BCUT2D eigenvalue weighted by atomic mass is 9.91. The van der Waals surface area contributed by atoms with Crippen molar-refractivity contribution in [2.24, 2.45) is 4.99 Å². The van der Waals surface area contributed by atoms with Gasteiger partial charge in [0.1, 0.15) is 12.4 Å². The number of nitro benzene ring substituents is 1. The Bertz CT molecular complexity index is 2110. The van der Waals surface area contributed by atoms with Gasteiger partial charge in [-0.3, -0.25) is 19.5 Å². The van der Waals surface area contributed by atoms with Gasteiger partial charge in [0.05, 0.1) is 33.4 Å². The molecule has 10 heteroatoms. The standard InChI is InChI=1S/C34H27N3O6S/c1-3-42-33(39)30-21(2)35-34-36(31(30)28-10-6-8-24-7-4-5-9-27(24)28)32(38)29(44-34)19-22-13-17-26(18-14-22)43-20-23-11-15-25(16-12-23)37(40)41/h4-19,31H,3,20H2,1-2H3/b29-19+/t31-/m1/s1. The predicted molar refractivity (Wildman–Crippen MR) is 168 cm³/mol. The molecule has 0 aliphatic carbocycles. The van der Waals surface area contributed by atoms with E-state index in [2.05, 4.69) is 4.99 Å². The number of hydrogen-bond donors (Lipinski definition) is 0. The zero-order valence-electron chi connectivity index (χ0n) is 23.9. The maximum atomic E-state index is 14.0. The van der Waals surface area contributed by atoms with Crippen molar-refractivity contribution in [3.05, 3.63) is 149 Å². The molecule has 1 aliphatic heterocycles. The van der Waals surface area contributed by atoms with Crippen LogP contribution < -0.4 is 19.6 Å². The number of fused-ring (bicyclic) bond motifs is 2. The summed E-state index contributed by atoms with van der Waals surface area (Å²) in [6, 6.07) is 26.6. The lowest BCUT2D eigenvalue weighted by Gasteiger charge is -2.25. The number of carbonyl (C=O) groups is 1. The number of benzene rings is 4. The maximum Gasteiger partial charge on any atom is 0.338 e. The highest BCUT2D eigenvalue weighted by Crippen LogP contribution is 2.34. The quantitative estimate of drug-likeness (QED) is 0.132. The van der Waals surface area contributed by atoms with E-state index in [0.29, 0.717) is 26.4 Å². The van der Waals surface area contributed by atoms with Crippen molar-refractivity contribution in [1.82, 2.24) is 4.57 Å². The first kappa shape index (κ1) is 28.8. The second-order valence-corrected chi connectivity index (χ2v) is 11.2. The van der Waals surface area contributed by atoms with E-state index < -0.39 is 16.9 Å². The summed E-state index contributed by atoms with van der Waals surface area (Å²) in [4.78, 5) is 42.9. The van der Waals surface area contributed by atoms with Gasteiger partial charge in [0.25, 0.3) is 11.2 Å². The highest BCUT2D eigenvalue weighted by atomic mass is 32.1. The van der Waals surface area contributed by atoms with Crippen LogP contribution in [0.3, 0.4) is 0 Å². The number of hydrogen-bond acceptors (Lipinski definition) is 8. The molecule has 0 saturated carbocycles. The van der Waals surface area contributed by atoms with Gasteiger partial charge in [0.2, 0.25) is 0 Å². The largest absolute Gasteiger partial charge is 0.489 e. The molecular weight excluding hydrogens is 578 g/mol. The topological polar surface area (TPSA) is 113 Å². The third-order valence-electron chi connectivity index (χ3n) is 7.37. The molecule has 1 atom stereocenters. The SMILES string of the molecule is CCOC(=O)C1=C(C)N=c2s/c(=C/c3ccc(OCc4ccc([N+](=O)[O-])cc4)cc3)c(=O)n2[C@@H]1c1cccc2ccccc12. The number of thiazole rings is 1. The zero-order chi connectivity index (χ0) is 30.8. The average Bonchev–Trinajstić information content (AvgIpc) is 3.33. The normalized spacial score (nSPS) is 14.7. The average molecular weight is 606 g/mol. The van der Waals surface area contributed by atoms with Crippen LogP contribution in [-0.2, 0) is 16.1 Å². The molecular formula is C34H27N3O6S. The Labute approximate surface area is 255 Å². The van der Waals surface area contributed by atoms with Crippen molar-refractivity contribution in [2.75, 3.05) is 6.61 Å². The fourth-order valence-corrected chi connectivity index (χ4v) is 6.31. The number of nitrogens with zero attached hydrogens (tertiary/aromatic N) is 3. The molecule has 9 nitrogen and oxygen atoms in total. The Morgan fingerprint density at radius 3 is 2.48 bits per heavy atom. The lowest BCUT2D eigenvalue weighted by Crippen LogP contribution is -2.40. The van der Waals surface area contributed by atoms with Crippen LogP contribution in [0.15, 0.2) is 112 Å². The maximum absolute atomic E-state index is 14.0. The van der Waals surface area contributed by atoms with Gasteiger partial charge in [0.15, 0.2) is 4.80 Å². The van der Waals surface area contributed by atoms with Crippen LogP contribution in [0, 0.1) is 10.1 Å². The number of nitro groups is 1. The van der Waals surface area contributed by atoms with Crippen molar-refractivity contribution < 1.29 is 19.2 Å². The van der Waals surface area contributed by atoms with Crippen molar-refractivity contribution in [3.63, 3.8) is 0 Å². The summed E-state index contributed by atoms with van der Waals surface area (Å²) in [6.45, 7) is 3.99. The molecule has 44 heavy (non-hydrogen) atoms. The molecule has 0 amide bonds. The summed E-state index contributed by atoms with van der Waals surface area (Å²) >= 11 is 1.27. The fraction of sp³-hybridized carbons (Fsp3) is 0.147. The minimum Gasteiger partial charge on any atom is -0.489 e. The Kier molecular flexibility index (Phi) is 7.91. The second kappa shape index (κ2) is 12.1. The Morgan fingerprint density at radius 2 is 1.75 bits per heavy atom. The molecule has 220 valence electrons. The minimum absolute atomic E-state index is 0.0269. The van der Waals surface area contributed by atoms with Gasteiger partial charge in [-0.25, -0.2) is 9.79 Å².